The summed E-state index contributed by atoms with van der Waals surface area (Å²) >= 11 is 1.42. The van der Waals surface area contributed by atoms with Crippen LogP contribution in [0.4, 0.5) is 13.2 Å². The fourth-order valence-electron chi connectivity index (χ4n) is 3.24. The Hall–Kier alpha value is -2.46. The smallest absolute Gasteiger partial charge is 0.465 e. The molecule has 0 aromatic heterocycles. The maximum atomic E-state index is 12.8. The van der Waals surface area contributed by atoms with Crippen molar-refractivity contribution >= 4 is 33.6 Å². The lowest BCUT2D eigenvalue weighted by Crippen LogP contribution is -2.27. The number of halogens is 3. The van der Waals surface area contributed by atoms with E-state index >= 15 is 0 Å². The average Bonchev–Trinajstić information content (AvgIpc) is 2.73. The topological polar surface area (TPSA) is 69.7 Å². The fourth-order valence-corrected chi connectivity index (χ4v) is 4.62. The van der Waals surface area contributed by atoms with Crippen molar-refractivity contribution in [1.29, 1.82) is 0 Å². The van der Waals surface area contributed by atoms with E-state index in [1.165, 1.54) is 24.9 Å². The Morgan fingerprint density at radius 3 is 2.38 bits per heavy atom. The van der Waals surface area contributed by atoms with E-state index in [9.17, 15) is 26.4 Å². The highest BCUT2D eigenvalue weighted by Gasteiger charge is 2.49. The first kappa shape index (κ1) is 24.2. The molecule has 0 aliphatic heterocycles. The molecule has 0 saturated carbocycles. The molecule has 0 fully saturated rings. The maximum Gasteiger partial charge on any atom is 0.534 e. The second kappa shape index (κ2) is 8.82. The van der Waals surface area contributed by atoms with Crippen LogP contribution in [0.15, 0.2) is 53.4 Å². The molecule has 1 aliphatic rings. The predicted octanol–water partition coefficient (Wildman–Crippen LogP) is 5.65. The zero-order chi connectivity index (χ0) is 23.7. The summed E-state index contributed by atoms with van der Waals surface area (Å²) < 4.78 is 70.8. The molecule has 3 rings (SSSR count). The molecular formula is C22H21F3O5S2. The monoisotopic (exact) mass is 486 g/mol. The van der Waals surface area contributed by atoms with Crippen molar-refractivity contribution in [3.05, 3.63) is 70.8 Å². The largest absolute Gasteiger partial charge is 0.534 e. The van der Waals surface area contributed by atoms with Gasteiger partial charge in [0.2, 0.25) is 0 Å². The van der Waals surface area contributed by atoms with E-state index in [1.54, 1.807) is 36.4 Å². The SMILES string of the molecule is COC(=O)c1ccc(CSc2ccc3c(c2)C(OS(=O)(=O)C(F)(F)F)=CCC3(C)C)cc1. The van der Waals surface area contributed by atoms with E-state index in [2.05, 4.69) is 8.92 Å². The van der Waals surface area contributed by atoms with Gasteiger partial charge in [-0.2, -0.15) is 21.6 Å². The Morgan fingerprint density at radius 2 is 1.78 bits per heavy atom. The van der Waals surface area contributed by atoms with Crippen LogP contribution >= 0.6 is 11.8 Å². The molecular weight excluding hydrogens is 465 g/mol. The van der Waals surface area contributed by atoms with Crippen LogP contribution in [0.25, 0.3) is 5.76 Å². The first-order valence-electron chi connectivity index (χ1n) is 9.50. The Morgan fingerprint density at radius 1 is 1.12 bits per heavy atom. The quantitative estimate of drug-likeness (QED) is 0.227. The number of ether oxygens (including phenoxy) is 1. The molecule has 0 amide bonds. The Labute approximate surface area is 188 Å². The summed E-state index contributed by atoms with van der Waals surface area (Å²) in [6.07, 6.45) is 1.72. The number of hydrogen-bond acceptors (Lipinski definition) is 6. The molecule has 0 heterocycles. The molecule has 0 saturated heterocycles. The standard InChI is InChI=1S/C22H21F3O5S2/c1-21(2)11-10-19(30-32(27,28)22(23,24)25)17-12-16(8-9-18(17)21)31-13-14-4-6-15(7-5-14)20(26)29-3/h4-10,12H,11,13H2,1-3H3. The van der Waals surface area contributed by atoms with E-state index in [0.717, 1.165) is 10.5 Å². The van der Waals surface area contributed by atoms with Gasteiger partial charge in [0.25, 0.3) is 0 Å². The van der Waals surface area contributed by atoms with Crippen LogP contribution in [-0.4, -0.2) is 27.0 Å². The first-order valence-corrected chi connectivity index (χ1v) is 11.9. The number of hydrogen-bond donors (Lipinski definition) is 0. The highest BCUT2D eigenvalue weighted by molar-refractivity contribution is 7.98. The predicted molar refractivity (Wildman–Crippen MR) is 115 cm³/mol. The lowest BCUT2D eigenvalue weighted by Gasteiger charge is -2.31. The Balaban J connectivity index is 1.84. The van der Waals surface area contributed by atoms with E-state index < -0.39 is 27.0 Å². The summed E-state index contributed by atoms with van der Waals surface area (Å²) in [5, 5.41) is 0. The van der Waals surface area contributed by atoms with Gasteiger partial charge in [-0.15, -0.1) is 11.8 Å². The van der Waals surface area contributed by atoms with Crippen LogP contribution in [0.2, 0.25) is 0 Å². The molecule has 0 spiro atoms. The van der Waals surface area contributed by atoms with Crippen LogP contribution in [0.1, 0.15) is 47.3 Å². The maximum absolute atomic E-state index is 12.8. The van der Waals surface area contributed by atoms with Gasteiger partial charge < -0.3 is 8.92 Å². The summed E-state index contributed by atoms with van der Waals surface area (Å²) in [7, 11) is -4.47. The van der Waals surface area contributed by atoms with Crippen molar-refractivity contribution in [3.63, 3.8) is 0 Å². The zero-order valence-electron chi connectivity index (χ0n) is 17.5. The van der Waals surface area contributed by atoms with Crippen LogP contribution in [-0.2, 0) is 30.2 Å². The molecule has 0 atom stereocenters. The molecule has 0 N–H and O–H groups in total. The van der Waals surface area contributed by atoms with Gasteiger partial charge in [-0.05, 0) is 53.3 Å². The third-order valence-electron chi connectivity index (χ3n) is 5.05. The lowest BCUT2D eigenvalue weighted by atomic mass is 9.75. The van der Waals surface area contributed by atoms with Crippen LogP contribution in [0.5, 0.6) is 0 Å². The lowest BCUT2D eigenvalue weighted by molar-refractivity contribution is -0.0509. The van der Waals surface area contributed by atoms with Gasteiger partial charge in [0.05, 0.1) is 12.7 Å². The number of benzene rings is 2. The summed E-state index contributed by atoms with van der Waals surface area (Å²) in [5.74, 6) is -0.221. The van der Waals surface area contributed by atoms with Gasteiger partial charge in [0.15, 0.2) is 0 Å². The average molecular weight is 487 g/mol. The summed E-state index contributed by atoms with van der Waals surface area (Å²) in [4.78, 5) is 12.3. The highest BCUT2D eigenvalue weighted by Crippen LogP contribution is 2.42. The molecule has 1 aliphatic carbocycles. The second-order valence-corrected chi connectivity index (χ2v) is 10.4. The number of rotatable bonds is 6. The van der Waals surface area contributed by atoms with E-state index in [0.29, 0.717) is 28.9 Å². The molecule has 10 heteroatoms. The minimum absolute atomic E-state index is 0.318. The van der Waals surface area contributed by atoms with Gasteiger partial charge in [0.1, 0.15) is 5.76 Å². The number of esters is 1. The summed E-state index contributed by atoms with van der Waals surface area (Å²) in [6.45, 7) is 3.85. The van der Waals surface area contributed by atoms with E-state index in [4.69, 9.17) is 0 Å². The van der Waals surface area contributed by atoms with Gasteiger partial charge in [0, 0.05) is 16.2 Å². The van der Waals surface area contributed by atoms with E-state index in [1.807, 2.05) is 19.9 Å². The number of carbonyl (C=O) groups is 1. The molecule has 0 bridgehead atoms. The number of carbonyl (C=O) groups excluding carboxylic acids is 1. The van der Waals surface area contributed by atoms with Crippen molar-refractivity contribution in [2.75, 3.05) is 7.11 Å². The Kier molecular flexibility index (Phi) is 6.67. The number of alkyl halides is 3. The van der Waals surface area contributed by atoms with Crippen molar-refractivity contribution < 1.29 is 35.3 Å². The van der Waals surface area contributed by atoms with Crippen LogP contribution in [0.3, 0.4) is 0 Å². The molecule has 2 aromatic rings. The minimum Gasteiger partial charge on any atom is -0.465 e. The number of fused-ring (bicyclic) bond motifs is 1. The van der Waals surface area contributed by atoms with E-state index in [-0.39, 0.29) is 5.76 Å². The molecule has 172 valence electrons. The third kappa shape index (κ3) is 5.12. The summed E-state index contributed by atoms with van der Waals surface area (Å²) in [6, 6.07) is 12.1. The van der Waals surface area contributed by atoms with Crippen molar-refractivity contribution in [3.8, 4) is 0 Å². The third-order valence-corrected chi connectivity index (χ3v) is 7.08. The molecule has 5 nitrogen and oxygen atoms in total. The number of allylic oxidation sites excluding steroid dienone is 1. The minimum atomic E-state index is -5.77. The Bertz CT molecular complexity index is 1150. The first-order chi connectivity index (χ1) is 14.8. The van der Waals surface area contributed by atoms with Gasteiger partial charge >= 0.3 is 21.6 Å². The molecule has 32 heavy (non-hydrogen) atoms. The highest BCUT2D eigenvalue weighted by atomic mass is 32.2. The van der Waals surface area contributed by atoms with Crippen molar-refractivity contribution in [2.24, 2.45) is 0 Å². The van der Waals surface area contributed by atoms with Crippen molar-refractivity contribution in [1.82, 2.24) is 0 Å². The molecule has 0 unspecified atom stereocenters. The fraction of sp³-hybridized carbons (Fsp3) is 0.318. The van der Waals surface area contributed by atoms with Gasteiger partial charge in [-0.1, -0.05) is 32.0 Å². The summed E-state index contributed by atoms with van der Waals surface area (Å²) in [5.41, 5.74) is -3.53. The number of methoxy groups -OCH3 is 1. The zero-order valence-corrected chi connectivity index (χ0v) is 19.2. The van der Waals surface area contributed by atoms with Gasteiger partial charge in [-0.25, -0.2) is 4.79 Å². The number of thioether (sulfide) groups is 1. The van der Waals surface area contributed by atoms with Gasteiger partial charge in [-0.3, -0.25) is 0 Å². The van der Waals surface area contributed by atoms with Crippen molar-refractivity contribution in [2.45, 2.75) is 41.8 Å². The van der Waals surface area contributed by atoms with Crippen LogP contribution < -0.4 is 0 Å². The molecule has 2 aromatic carbocycles. The normalized spacial score (nSPS) is 15.5. The second-order valence-electron chi connectivity index (χ2n) is 7.82. The van der Waals surface area contributed by atoms with Crippen LogP contribution in [0, 0.1) is 0 Å². The molecule has 0 radical (unpaired) electrons.